The van der Waals surface area contributed by atoms with Crippen LogP contribution in [0.2, 0.25) is 0 Å². The van der Waals surface area contributed by atoms with E-state index in [1.165, 1.54) is 10.8 Å². The molecule has 0 amide bonds. The smallest absolute Gasteiger partial charge is 0.330 e. The fourth-order valence-electron chi connectivity index (χ4n) is 2.25. The lowest BCUT2D eigenvalue weighted by Gasteiger charge is -2.18. The molecule has 0 aromatic carbocycles. The highest BCUT2D eigenvalue weighted by molar-refractivity contribution is 9.09. The Labute approximate surface area is 123 Å². The topological polar surface area (TPSA) is 105 Å². The Kier molecular flexibility index (Phi) is 4.79. The number of nitrogens with one attached hydrogen (secondary N) is 1. The molecule has 1 saturated heterocycles. The molecule has 8 heteroatoms. The van der Waals surface area contributed by atoms with Crippen LogP contribution in [0.15, 0.2) is 15.8 Å². The van der Waals surface area contributed by atoms with Gasteiger partial charge in [-0.15, -0.1) is 0 Å². The highest BCUT2D eigenvalue weighted by Crippen LogP contribution is 2.32. The molecule has 0 unspecified atom stereocenters. The van der Waals surface area contributed by atoms with E-state index < -0.39 is 34.5 Å². The number of ether oxygens (including phenoxy) is 1. The zero-order valence-electron chi connectivity index (χ0n) is 11.0. The lowest BCUT2D eigenvalue weighted by Crippen LogP contribution is -2.37. The van der Waals surface area contributed by atoms with Crippen molar-refractivity contribution in [3.8, 4) is 0 Å². The Morgan fingerprint density at radius 1 is 1.50 bits per heavy atom. The number of alkyl halides is 1. The largest absolute Gasteiger partial charge is 0.394 e. The van der Waals surface area contributed by atoms with Gasteiger partial charge in [-0.05, 0) is 6.42 Å². The first-order valence-electron chi connectivity index (χ1n) is 6.42. The van der Waals surface area contributed by atoms with Crippen LogP contribution in [0.25, 0.3) is 0 Å². The number of nitrogens with zero attached hydrogens (tertiary/aromatic N) is 1. The molecule has 1 aromatic rings. The summed E-state index contributed by atoms with van der Waals surface area (Å²) in [6.07, 6.45) is 0.165. The molecule has 0 aliphatic carbocycles. The van der Waals surface area contributed by atoms with Crippen LogP contribution in [-0.4, -0.2) is 43.4 Å². The van der Waals surface area contributed by atoms with Gasteiger partial charge in [-0.1, -0.05) is 29.3 Å². The molecule has 4 atom stereocenters. The van der Waals surface area contributed by atoms with Crippen molar-refractivity contribution in [2.24, 2.45) is 0 Å². The average Bonchev–Trinajstić information content (AvgIpc) is 2.70. The summed E-state index contributed by atoms with van der Waals surface area (Å²) >= 11 is 3.23. The van der Waals surface area contributed by atoms with E-state index in [9.17, 15) is 14.7 Å². The minimum Gasteiger partial charge on any atom is -0.394 e. The first-order valence-corrected chi connectivity index (χ1v) is 7.34. The normalized spacial score (nSPS) is 29.8. The lowest BCUT2D eigenvalue weighted by atomic mass is 10.2. The Morgan fingerprint density at radius 2 is 2.20 bits per heavy atom. The van der Waals surface area contributed by atoms with Crippen LogP contribution in [-0.2, 0) is 11.2 Å². The van der Waals surface area contributed by atoms with Gasteiger partial charge >= 0.3 is 5.69 Å². The second-order valence-electron chi connectivity index (χ2n) is 4.75. The molecule has 0 radical (unpaired) electrons. The van der Waals surface area contributed by atoms with E-state index in [2.05, 4.69) is 20.9 Å². The van der Waals surface area contributed by atoms with Gasteiger partial charge in [-0.25, -0.2) is 4.79 Å². The number of hydrogen-bond donors (Lipinski definition) is 3. The number of aliphatic hydroxyl groups excluding tert-OH is 2. The molecule has 1 aromatic heterocycles. The molecule has 1 fully saturated rings. The van der Waals surface area contributed by atoms with Crippen LogP contribution in [0, 0.1) is 0 Å². The maximum atomic E-state index is 11.9. The van der Waals surface area contributed by atoms with Crippen LogP contribution in [0.1, 0.15) is 25.1 Å². The molecule has 2 rings (SSSR count). The Hall–Kier alpha value is -0.960. The fourth-order valence-corrected chi connectivity index (χ4v) is 2.80. The second kappa shape index (κ2) is 6.21. The third-order valence-corrected chi connectivity index (χ3v) is 4.43. The van der Waals surface area contributed by atoms with Crippen LogP contribution in [0.3, 0.4) is 0 Å². The number of aromatic amines is 1. The van der Waals surface area contributed by atoms with Gasteiger partial charge in [0, 0.05) is 11.8 Å². The fraction of sp³-hybridized carbons (Fsp3) is 0.667. The Morgan fingerprint density at radius 3 is 2.75 bits per heavy atom. The van der Waals surface area contributed by atoms with Crippen molar-refractivity contribution in [1.82, 2.24) is 9.55 Å². The van der Waals surface area contributed by atoms with Crippen molar-refractivity contribution in [1.29, 1.82) is 0 Å². The Bertz CT molecular complexity index is 584. The average molecular weight is 349 g/mol. The van der Waals surface area contributed by atoms with Gasteiger partial charge in [0.05, 0.1) is 17.5 Å². The van der Waals surface area contributed by atoms with Gasteiger partial charge in [0.15, 0.2) is 6.23 Å². The van der Waals surface area contributed by atoms with E-state index in [1.54, 1.807) is 0 Å². The summed E-state index contributed by atoms with van der Waals surface area (Å²) in [4.78, 5) is 25.3. The first kappa shape index (κ1) is 15.4. The second-order valence-corrected chi connectivity index (χ2v) is 5.81. The van der Waals surface area contributed by atoms with Gasteiger partial charge in [-0.2, -0.15) is 0 Å². The third kappa shape index (κ3) is 2.73. The standard InChI is InChI=1S/C12H17BrN2O5/c1-2-3-6-4-15(12(19)14-10(6)18)11-9(17)8(13)7(5-16)20-11/h4,7-9,11,16-17H,2-3,5H2,1H3,(H,14,18,19)/t7-,8+,9-,11-/m1/s1. The van der Waals surface area contributed by atoms with E-state index in [0.717, 1.165) is 6.42 Å². The highest BCUT2D eigenvalue weighted by Gasteiger charge is 2.43. The van der Waals surface area contributed by atoms with E-state index in [4.69, 9.17) is 9.84 Å². The van der Waals surface area contributed by atoms with Crippen molar-refractivity contribution in [2.45, 2.75) is 43.0 Å². The maximum absolute atomic E-state index is 11.9. The van der Waals surface area contributed by atoms with Crippen molar-refractivity contribution >= 4 is 15.9 Å². The van der Waals surface area contributed by atoms with E-state index in [1.807, 2.05) is 6.92 Å². The van der Waals surface area contributed by atoms with Crippen LogP contribution < -0.4 is 11.2 Å². The number of halogens is 1. The monoisotopic (exact) mass is 348 g/mol. The summed E-state index contributed by atoms with van der Waals surface area (Å²) in [6.45, 7) is 1.65. The predicted octanol–water partition coefficient (Wildman–Crippen LogP) is -0.497. The zero-order chi connectivity index (χ0) is 14.9. The summed E-state index contributed by atoms with van der Waals surface area (Å²) < 4.78 is 6.64. The van der Waals surface area contributed by atoms with Crippen molar-refractivity contribution < 1.29 is 14.9 Å². The molecule has 3 N–H and O–H groups in total. The van der Waals surface area contributed by atoms with Gasteiger partial charge < -0.3 is 14.9 Å². The van der Waals surface area contributed by atoms with E-state index in [-0.39, 0.29) is 6.61 Å². The van der Waals surface area contributed by atoms with E-state index >= 15 is 0 Å². The SMILES string of the molecule is CCCc1cn([C@@H]2O[C@H](CO)[C@H](Br)[C@H]2O)c(=O)[nH]c1=O. The highest BCUT2D eigenvalue weighted by atomic mass is 79.9. The van der Waals surface area contributed by atoms with Crippen molar-refractivity contribution in [3.63, 3.8) is 0 Å². The first-order chi connectivity index (χ1) is 9.49. The molecular formula is C12H17BrN2O5. The third-order valence-electron chi connectivity index (χ3n) is 3.30. The predicted molar refractivity (Wildman–Crippen MR) is 75.0 cm³/mol. The lowest BCUT2D eigenvalue weighted by molar-refractivity contribution is -0.0531. The van der Waals surface area contributed by atoms with Crippen LogP contribution in [0.5, 0.6) is 0 Å². The van der Waals surface area contributed by atoms with Crippen molar-refractivity contribution in [2.75, 3.05) is 6.61 Å². The molecule has 1 aliphatic rings. The van der Waals surface area contributed by atoms with Gasteiger partial charge in [-0.3, -0.25) is 14.3 Å². The number of rotatable bonds is 4. The number of aryl methyl sites for hydroxylation is 1. The molecule has 7 nitrogen and oxygen atoms in total. The minimum absolute atomic E-state index is 0.274. The zero-order valence-corrected chi connectivity index (χ0v) is 12.5. The summed E-state index contributed by atoms with van der Waals surface area (Å²) in [5.41, 5.74) is -0.603. The summed E-state index contributed by atoms with van der Waals surface area (Å²) in [7, 11) is 0. The molecule has 112 valence electrons. The number of H-pyrrole nitrogens is 1. The van der Waals surface area contributed by atoms with Crippen LogP contribution in [0.4, 0.5) is 0 Å². The minimum atomic E-state index is -0.995. The van der Waals surface area contributed by atoms with E-state index in [0.29, 0.717) is 12.0 Å². The molecule has 0 spiro atoms. The van der Waals surface area contributed by atoms with Gasteiger partial charge in [0.1, 0.15) is 6.10 Å². The number of aliphatic hydroxyl groups is 2. The summed E-state index contributed by atoms with van der Waals surface area (Å²) in [6, 6.07) is 0. The summed E-state index contributed by atoms with van der Waals surface area (Å²) in [5.74, 6) is 0. The molecule has 0 bridgehead atoms. The quantitative estimate of drug-likeness (QED) is 0.636. The number of aromatic nitrogens is 2. The molecule has 20 heavy (non-hydrogen) atoms. The molecule has 0 saturated carbocycles. The Balaban J connectivity index is 2.40. The van der Waals surface area contributed by atoms with Crippen LogP contribution >= 0.6 is 15.9 Å². The van der Waals surface area contributed by atoms with Gasteiger partial charge in [0.2, 0.25) is 0 Å². The molecular weight excluding hydrogens is 332 g/mol. The molecule has 1 aliphatic heterocycles. The summed E-state index contributed by atoms with van der Waals surface area (Å²) in [5, 5.41) is 19.3. The number of hydrogen-bond acceptors (Lipinski definition) is 5. The van der Waals surface area contributed by atoms with Gasteiger partial charge in [0.25, 0.3) is 5.56 Å². The maximum Gasteiger partial charge on any atom is 0.330 e. The molecule has 2 heterocycles. The van der Waals surface area contributed by atoms with Crippen molar-refractivity contribution in [3.05, 3.63) is 32.6 Å².